The lowest BCUT2D eigenvalue weighted by Crippen LogP contribution is -2.32. The van der Waals surface area contributed by atoms with Crippen molar-refractivity contribution in [3.8, 4) is 5.69 Å². The Hall–Kier alpha value is -1.17. The molecule has 3 rings (SSSR count). The van der Waals surface area contributed by atoms with Crippen molar-refractivity contribution in [2.75, 3.05) is 13.1 Å². The van der Waals surface area contributed by atoms with Crippen molar-refractivity contribution in [2.24, 2.45) is 0 Å². The maximum Gasteiger partial charge on any atom is 0.203 e. The highest BCUT2D eigenvalue weighted by atomic mass is 35.5. The third-order valence-corrected chi connectivity index (χ3v) is 4.24. The summed E-state index contributed by atoms with van der Waals surface area (Å²) in [6, 6.07) is 7.65. The molecule has 1 aromatic carbocycles. The zero-order chi connectivity index (χ0) is 13.9. The van der Waals surface area contributed by atoms with Crippen LogP contribution >= 0.6 is 23.8 Å². The Morgan fingerprint density at radius 1 is 1.20 bits per heavy atom. The Labute approximate surface area is 128 Å². The van der Waals surface area contributed by atoms with Crippen LogP contribution in [0, 0.1) is 4.77 Å². The number of benzene rings is 1. The van der Waals surface area contributed by atoms with Gasteiger partial charge in [0.2, 0.25) is 4.77 Å². The third-order valence-electron chi connectivity index (χ3n) is 3.60. The smallest absolute Gasteiger partial charge is 0.203 e. The van der Waals surface area contributed by atoms with E-state index in [0.717, 1.165) is 25.4 Å². The van der Waals surface area contributed by atoms with E-state index in [2.05, 4.69) is 10.00 Å². The lowest BCUT2D eigenvalue weighted by atomic mass is 10.1. The number of piperidine rings is 1. The summed E-state index contributed by atoms with van der Waals surface area (Å²) >= 11 is 11.5. The van der Waals surface area contributed by atoms with Gasteiger partial charge < -0.3 is 0 Å². The van der Waals surface area contributed by atoms with E-state index < -0.39 is 0 Å². The van der Waals surface area contributed by atoms with Crippen molar-refractivity contribution in [1.29, 1.82) is 0 Å². The maximum absolute atomic E-state index is 6.03. The second kappa shape index (κ2) is 6.08. The fraction of sp³-hybridized carbons (Fsp3) is 0.429. The molecule has 0 bridgehead atoms. The molecule has 1 saturated heterocycles. The molecule has 0 N–H and O–H groups in total. The molecule has 0 amide bonds. The van der Waals surface area contributed by atoms with Crippen LogP contribution in [0.4, 0.5) is 0 Å². The van der Waals surface area contributed by atoms with Crippen molar-refractivity contribution in [2.45, 2.75) is 25.9 Å². The first-order chi connectivity index (χ1) is 9.74. The van der Waals surface area contributed by atoms with Crippen LogP contribution in [-0.2, 0) is 6.67 Å². The van der Waals surface area contributed by atoms with Gasteiger partial charge in [-0.25, -0.2) is 4.68 Å². The summed E-state index contributed by atoms with van der Waals surface area (Å²) in [6.07, 6.45) is 5.63. The molecule has 0 unspecified atom stereocenters. The summed E-state index contributed by atoms with van der Waals surface area (Å²) in [4.78, 5) is 2.40. The highest BCUT2D eigenvalue weighted by molar-refractivity contribution is 7.71. The molecule has 20 heavy (non-hydrogen) atoms. The fourth-order valence-electron chi connectivity index (χ4n) is 2.53. The average molecular weight is 309 g/mol. The van der Waals surface area contributed by atoms with Gasteiger partial charge in [0.25, 0.3) is 0 Å². The molecular weight excluding hydrogens is 292 g/mol. The minimum atomic E-state index is 0.702. The molecule has 0 spiro atoms. The van der Waals surface area contributed by atoms with E-state index >= 15 is 0 Å². The van der Waals surface area contributed by atoms with E-state index in [-0.39, 0.29) is 0 Å². The molecule has 1 aliphatic rings. The molecule has 0 atom stereocenters. The maximum atomic E-state index is 6.03. The largest absolute Gasteiger partial charge is 0.284 e. The van der Waals surface area contributed by atoms with Crippen molar-refractivity contribution in [3.63, 3.8) is 0 Å². The Morgan fingerprint density at radius 3 is 2.75 bits per heavy atom. The summed E-state index contributed by atoms with van der Waals surface area (Å²) in [7, 11) is 0. The standard InChI is InChI=1S/C14H17ClN4S/c15-12-5-4-6-13(9-12)18-10-16-19(14(18)20)11-17-7-2-1-3-8-17/h4-6,9-10H,1-3,7-8,11H2. The Morgan fingerprint density at radius 2 is 2.00 bits per heavy atom. The van der Waals surface area contributed by atoms with E-state index in [0.29, 0.717) is 9.79 Å². The van der Waals surface area contributed by atoms with E-state index in [4.69, 9.17) is 23.8 Å². The van der Waals surface area contributed by atoms with E-state index in [1.54, 1.807) is 6.33 Å². The molecule has 0 saturated carbocycles. The Balaban J connectivity index is 1.83. The number of likely N-dealkylation sites (tertiary alicyclic amines) is 1. The van der Waals surface area contributed by atoms with Crippen molar-refractivity contribution >= 4 is 23.8 Å². The van der Waals surface area contributed by atoms with Crippen LogP contribution in [0.5, 0.6) is 0 Å². The second-order valence-corrected chi connectivity index (χ2v) is 5.88. The highest BCUT2D eigenvalue weighted by Crippen LogP contribution is 2.16. The summed E-state index contributed by atoms with van der Waals surface area (Å²) in [5.74, 6) is 0. The topological polar surface area (TPSA) is 26.0 Å². The van der Waals surface area contributed by atoms with Gasteiger partial charge in [0, 0.05) is 5.02 Å². The van der Waals surface area contributed by atoms with Gasteiger partial charge in [0.1, 0.15) is 6.33 Å². The van der Waals surface area contributed by atoms with E-state index in [9.17, 15) is 0 Å². The monoisotopic (exact) mass is 308 g/mol. The second-order valence-electron chi connectivity index (χ2n) is 5.08. The van der Waals surface area contributed by atoms with E-state index in [1.807, 2.05) is 33.5 Å². The predicted octanol–water partition coefficient (Wildman–Crippen LogP) is 3.50. The quantitative estimate of drug-likeness (QED) is 0.812. The summed E-state index contributed by atoms with van der Waals surface area (Å²) in [5.41, 5.74) is 0.951. The van der Waals surface area contributed by atoms with Crippen LogP contribution in [0.25, 0.3) is 5.69 Å². The lowest BCUT2D eigenvalue weighted by molar-refractivity contribution is 0.172. The number of nitrogens with zero attached hydrogens (tertiary/aromatic N) is 4. The minimum Gasteiger partial charge on any atom is -0.284 e. The van der Waals surface area contributed by atoms with Gasteiger partial charge in [-0.3, -0.25) is 9.47 Å². The van der Waals surface area contributed by atoms with Crippen LogP contribution in [0.3, 0.4) is 0 Å². The lowest BCUT2D eigenvalue weighted by Gasteiger charge is -2.25. The van der Waals surface area contributed by atoms with E-state index in [1.165, 1.54) is 19.3 Å². The SMILES string of the molecule is S=c1n(-c2cccc(Cl)c2)cnn1CN1CCCCC1. The Kier molecular flexibility index (Phi) is 4.19. The van der Waals surface area contributed by atoms with Crippen molar-refractivity contribution < 1.29 is 0 Å². The van der Waals surface area contributed by atoms with Crippen molar-refractivity contribution in [3.05, 3.63) is 40.4 Å². The van der Waals surface area contributed by atoms with Gasteiger partial charge >= 0.3 is 0 Å². The van der Waals surface area contributed by atoms with Gasteiger partial charge in [-0.05, 0) is 56.3 Å². The first kappa shape index (κ1) is 13.8. The predicted molar refractivity (Wildman–Crippen MR) is 82.8 cm³/mol. The van der Waals surface area contributed by atoms with Crippen LogP contribution in [0.15, 0.2) is 30.6 Å². The molecule has 2 heterocycles. The Bertz CT molecular complexity index is 643. The van der Waals surface area contributed by atoms with Gasteiger partial charge in [0.05, 0.1) is 12.4 Å². The van der Waals surface area contributed by atoms with Crippen LogP contribution in [-0.4, -0.2) is 32.3 Å². The third kappa shape index (κ3) is 2.95. The highest BCUT2D eigenvalue weighted by Gasteiger charge is 2.12. The first-order valence-corrected chi connectivity index (χ1v) is 7.65. The van der Waals surface area contributed by atoms with Gasteiger partial charge in [-0.2, -0.15) is 5.10 Å². The molecule has 2 aromatic rings. The van der Waals surface area contributed by atoms with Crippen LogP contribution in [0.2, 0.25) is 5.02 Å². The molecule has 1 aliphatic heterocycles. The number of hydrogen-bond donors (Lipinski definition) is 0. The van der Waals surface area contributed by atoms with Gasteiger partial charge in [0.15, 0.2) is 0 Å². The number of halogens is 1. The summed E-state index contributed by atoms with van der Waals surface area (Å²) in [5, 5.41) is 5.11. The fourth-order valence-corrected chi connectivity index (χ4v) is 2.97. The summed E-state index contributed by atoms with van der Waals surface area (Å²) < 4.78 is 4.48. The van der Waals surface area contributed by atoms with Gasteiger partial charge in [-0.15, -0.1) is 0 Å². The molecule has 6 heteroatoms. The van der Waals surface area contributed by atoms with Crippen LogP contribution < -0.4 is 0 Å². The first-order valence-electron chi connectivity index (χ1n) is 6.87. The van der Waals surface area contributed by atoms with Crippen LogP contribution in [0.1, 0.15) is 19.3 Å². The average Bonchev–Trinajstić information content (AvgIpc) is 2.81. The zero-order valence-corrected chi connectivity index (χ0v) is 12.8. The molecule has 4 nitrogen and oxygen atoms in total. The molecule has 1 aromatic heterocycles. The molecule has 106 valence electrons. The van der Waals surface area contributed by atoms with Gasteiger partial charge in [-0.1, -0.05) is 24.1 Å². The molecule has 1 fully saturated rings. The number of hydrogen-bond acceptors (Lipinski definition) is 3. The number of rotatable bonds is 3. The molecule has 0 aliphatic carbocycles. The normalized spacial score (nSPS) is 16.4. The minimum absolute atomic E-state index is 0.702. The molecule has 0 radical (unpaired) electrons. The summed E-state index contributed by atoms with van der Waals surface area (Å²) in [6.45, 7) is 3.03. The zero-order valence-electron chi connectivity index (χ0n) is 11.2. The van der Waals surface area contributed by atoms with Crippen molar-refractivity contribution in [1.82, 2.24) is 19.2 Å². The number of aromatic nitrogens is 3. The molecular formula is C14H17ClN4S.